The number of methoxy groups -OCH3 is 2. The number of ether oxygens (including phenoxy) is 2. The monoisotopic (exact) mass is 334 g/mol. The average Bonchev–Trinajstić information content (AvgIpc) is 2.49. The minimum Gasteiger partial charge on any atom is -0.494 e. The summed E-state index contributed by atoms with van der Waals surface area (Å²) in [5.74, 6) is -0.233. The van der Waals surface area contributed by atoms with Gasteiger partial charge < -0.3 is 20.1 Å². The van der Waals surface area contributed by atoms with Gasteiger partial charge in [0.2, 0.25) is 5.91 Å². The van der Waals surface area contributed by atoms with Gasteiger partial charge in [-0.05, 0) is 24.1 Å². The van der Waals surface area contributed by atoms with Gasteiger partial charge in [-0.3, -0.25) is 4.79 Å². The maximum absolute atomic E-state index is 13.5. The molecule has 7 heteroatoms. The summed E-state index contributed by atoms with van der Waals surface area (Å²) in [4.78, 5) is 11.6. The van der Waals surface area contributed by atoms with Gasteiger partial charge in [0, 0.05) is 33.2 Å². The zero-order valence-corrected chi connectivity index (χ0v) is 13.8. The highest BCUT2D eigenvalue weighted by Gasteiger charge is 2.06. The van der Waals surface area contributed by atoms with Crippen molar-refractivity contribution in [1.82, 2.24) is 10.6 Å². The van der Waals surface area contributed by atoms with Crippen LogP contribution in [0.4, 0.5) is 4.39 Å². The number of amides is 1. The van der Waals surface area contributed by atoms with Crippen molar-refractivity contribution >= 4 is 18.3 Å². The molecular formula is C15H24ClFN2O3. The molecule has 0 heterocycles. The van der Waals surface area contributed by atoms with Crippen molar-refractivity contribution in [2.45, 2.75) is 12.8 Å². The molecule has 0 radical (unpaired) electrons. The summed E-state index contributed by atoms with van der Waals surface area (Å²) in [5.41, 5.74) is 0.779. The molecule has 0 saturated heterocycles. The third kappa shape index (κ3) is 8.17. The standard InChI is InChI=1S/C15H23FN2O3.ClH/c1-20-10-9-17-7-8-18-15(19)6-4-12-3-5-14(21-2)13(16)11-12;/h3,5,11,17H,4,6-10H2,1-2H3,(H,18,19);1H. The summed E-state index contributed by atoms with van der Waals surface area (Å²) >= 11 is 0. The van der Waals surface area contributed by atoms with Crippen molar-refractivity contribution in [2.24, 2.45) is 0 Å². The third-order valence-corrected chi connectivity index (χ3v) is 2.96. The molecule has 0 fully saturated rings. The van der Waals surface area contributed by atoms with Gasteiger partial charge in [0.1, 0.15) is 0 Å². The molecule has 0 unspecified atom stereocenters. The lowest BCUT2D eigenvalue weighted by Gasteiger charge is -2.07. The van der Waals surface area contributed by atoms with Crippen LogP contribution in [-0.2, 0) is 16.0 Å². The summed E-state index contributed by atoms with van der Waals surface area (Å²) in [6.45, 7) is 2.68. The van der Waals surface area contributed by atoms with Crippen LogP contribution in [-0.4, -0.2) is 46.4 Å². The first-order chi connectivity index (χ1) is 10.2. The molecule has 1 amide bonds. The second-order valence-corrected chi connectivity index (χ2v) is 4.56. The Morgan fingerprint density at radius 2 is 2.00 bits per heavy atom. The Morgan fingerprint density at radius 3 is 2.64 bits per heavy atom. The number of nitrogens with one attached hydrogen (secondary N) is 2. The van der Waals surface area contributed by atoms with Gasteiger partial charge in [-0.1, -0.05) is 6.07 Å². The summed E-state index contributed by atoms with van der Waals surface area (Å²) in [6.07, 6.45) is 0.841. The van der Waals surface area contributed by atoms with Gasteiger partial charge >= 0.3 is 0 Å². The molecule has 0 aromatic heterocycles. The van der Waals surface area contributed by atoms with Crippen LogP contribution in [0.1, 0.15) is 12.0 Å². The molecule has 126 valence electrons. The second-order valence-electron chi connectivity index (χ2n) is 4.56. The lowest BCUT2D eigenvalue weighted by Crippen LogP contribution is -2.33. The fourth-order valence-corrected chi connectivity index (χ4v) is 1.80. The van der Waals surface area contributed by atoms with Crippen LogP contribution in [0.3, 0.4) is 0 Å². The van der Waals surface area contributed by atoms with Gasteiger partial charge in [-0.25, -0.2) is 4.39 Å². The quantitative estimate of drug-likeness (QED) is 0.637. The Labute approximate surface area is 137 Å². The maximum atomic E-state index is 13.5. The van der Waals surface area contributed by atoms with Crippen LogP contribution < -0.4 is 15.4 Å². The van der Waals surface area contributed by atoms with Crippen molar-refractivity contribution in [3.8, 4) is 5.75 Å². The van der Waals surface area contributed by atoms with E-state index in [0.717, 1.165) is 12.1 Å². The minimum absolute atomic E-state index is 0. The van der Waals surface area contributed by atoms with Crippen LogP contribution in [0.5, 0.6) is 5.75 Å². The Kier molecular flexibility index (Phi) is 11.4. The summed E-state index contributed by atoms with van der Waals surface area (Å²) in [7, 11) is 3.07. The van der Waals surface area contributed by atoms with Crippen LogP contribution in [0, 0.1) is 5.82 Å². The average molecular weight is 335 g/mol. The molecule has 0 spiro atoms. The van der Waals surface area contributed by atoms with Crippen molar-refractivity contribution in [3.05, 3.63) is 29.6 Å². The lowest BCUT2D eigenvalue weighted by molar-refractivity contribution is -0.121. The smallest absolute Gasteiger partial charge is 0.220 e. The lowest BCUT2D eigenvalue weighted by atomic mass is 10.1. The highest BCUT2D eigenvalue weighted by molar-refractivity contribution is 5.85. The number of rotatable bonds is 10. The molecule has 0 aliphatic rings. The van der Waals surface area contributed by atoms with E-state index < -0.39 is 5.82 Å². The van der Waals surface area contributed by atoms with E-state index in [0.29, 0.717) is 32.5 Å². The normalized spacial score (nSPS) is 9.95. The first-order valence-corrected chi connectivity index (χ1v) is 6.96. The largest absolute Gasteiger partial charge is 0.494 e. The molecule has 0 aliphatic carbocycles. The van der Waals surface area contributed by atoms with Gasteiger partial charge in [0.05, 0.1) is 13.7 Å². The second kappa shape index (κ2) is 12.2. The third-order valence-electron chi connectivity index (χ3n) is 2.96. The van der Waals surface area contributed by atoms with E-state index >= 15 is 0 Å². The van der Waals surface area contributed by atoms with Crippen molar-refractivity contribution < 1.29 is 18.7 Å². The fraction of sp³-hybridized carbons (Fsp3) is 0.533. The van der Waals surface area contributed by atoms with Crippen LogP contribution in [0.15, 0.2) is 18.2 Å². The Bertz CT molecular complexity index is 447. The molecule has 1 aromatic carbocycles. The molecule has 2 N–H and O–H groups in total. The summed E-state index contributed by atoms with van der Waals surface area (Å²) in [5, 5.41) is 5.94. The number of hydrogen-bond acceptors (Lipinski definition) is 4. The Morgan fingerprint density at radius 1 is 1.23 bits per heavy atom. The molecule has 0 aliphatic heterocycles. The van der Waals surface area contributed by atoms with Crippen LogP contribution in [0.2, 0.25) is 0 Å². The SMILES string of the molecule is COCCNCCNC(=O)CCc1ccc(OC)c(F)c1.Cl. The molecule has 0 saturated carbocycles. The molecule has 22 heavy (non-hydrogen) atoms. The zero-order chi connectivity index (χ0) is 15.5. The molecule has 0 atom stereocenters. The van der Waals surface area contributed by atoms with E-state index in [1.165, 1.54) is 13.2 Å². The van der Waals surface area contributed by atoms with E-state index in [-0.39, 0.29) is 24.1 Å². The highest BCUT2D eigenvalue weighted by atomic mass is 35.5. The van der Waals surface area contributed by atoms with Crippen molar-refractivity contribution in [3.63, 3.8) is 0 Å². The number of carbonyl (C=O) groups is 1. The van der Waals surface area contributed by atoms with Crippen LogP contribution in [0.25, 0.3) is 0 Å². The Balaban J connectivity index is 0.00000441. The number of aryl methyl sites for hydroxylation is 1. The summed E-state index contributed by atoms with van der Waals surface area (Å²) < 4.78 is 23.2. The van der Waals surface area contributed by atoms with E-state index in [4.69, 9.17) is 9.47 Å². The molecular weight excluding hydrogens is 311 g/mol. The fourth-order valence-electron chi connectivity index (χ4n) is 1.80. The topological polar surface area (TPSA) is 59.6 Å². The predicted molar refractivity (Wildman–Crippen MR) is 86.3 cm³/mol. The van der Waals surface area contributed by atoms with E-state index in [9.17, 15) is 9.18 Å². The van der Waals surface area contributed by atoms with E-state index in [1.54, 1.807) is 19.2 Å². The number of halogens is 2. The zero-order valence-electron chi connectivity index (χ0n) is 13.0. The maximum Gasteiger partial charge on any atom is 0.220 e. The van der Waals surface area contributed by atoms with Gasteiger partial charge in [-0.2, -0.15) is 0 Å². The van der Waals surface area contributed by atoms with Crippen LogP contribution >= 0.6 is 12.4 Å². The summed E-state index contributed by atoms with van der Waals surface area (Å²) in [6, 6.07) is 4.74. The van der Waals surface area contributed by atoms with Gasteiger partial charge in [0.25, 0.3) is 0 Å². The molecule has 5 nitrogen and oxygen atoms in total. The van der Waals surface area contributed by atoms with Gasteiger partial charge in [-0.15, -0.1) is 12.4 Å². The van der Waals surface area contributed by atoms with Crippen molar-refractivity contribution in [2.75, 3.05) is 40.5 Å². The first kappa shape index (κ1) is 20.6. The number of hydrogen-bond donors (Lipinski definition) is 2. The van der Waals surface area contributed by atoms with E-state index in [2.05, 4.69) is 10.6 Å². The number of benzene rings is 1. The van der Waals surface area contributed by atoms with E-state index in [1.807, 2.05) is 0 Å². The number of carbonyl (C=O) groups excluding carboxylic acids is 1. The highest BCUT2D eigenvalue weighted by Crippen LogP contribution is 2.18. The Hall–Kier alpha value is -1.37. The molecule has 1 aromatic rings. The predicted octanol–water partition coefficient (Wildman–Crippen LogP) is 1.54. The molecule has 1 rings (SSSR count). The van der Waals surface area contributed by atoms with Crippen molar-refractivity contribution in [1.29, 1.82) is 0 Å². The minimum atomic E-state index is -0.405. The van der Waals surface area contributed by atoms with Gasteiger partial charge in [0.15, 0.2) is 11.6 Å². The first-order valence-electron chi connectivity index (χ1n) is 6.96. The molecule has 0 bridgehead atoms.